The number of carbonyl (C=O) groups excluding carboxylic acids is 1. The topological polar surface area (TPSA) is 41.6 Å². The number of methoxy groups -OCH3 is 1. The van der Waals surface area contributed by atoms with Crippen molar-refractivity contribution in [3.05, 3.63) is 29.8 Å². The normalized spacial score (nSPS) is 17.8. The first-order chi connectivity index (χ1) is 10.6. The molecule has 4 heteroatoms. The molecule has 0 bridgehead atoms. The van der Waals surface area contributed by atoms with Gasteiger partial charge in [0.05, 0.1) is 7.11 Å². The maximum absolute atomic E-state index is 12.4. The monoisotopic (exact) mass is 304 g/mol. The van der Waals surface area contributed by atoms with Crippen LogP contribution < -0.4 is 10.1 Å². The van der Waals surface area contributed by atoms with Gasteiger partial charge in [-0.05, 0) is 51.2 Å². The van der Waals surface area contributed by atoms with Gasteiger partial charge in [0.2, 0.25) is 0 Å². The summed E-state index contributed by atoms with van der Waals surface area (Å²) in [5.74, 6) is 0.762. The van der Waals surface area contributed by atoms with E-state index in [0.29, 0.717) is 12.1 Å². The molecule has 0 radical (unpaired) electrons. The molecular formula is C18H28N2O2. The van der Waals surface area contributed by atoms with Gasteiger partial charge in [-0.25, -0.2) is 0 Å². The molecule has 0 saturated heterocycles. The van der Waals surface area contributed by atoms with Crippen LogP contribution in [-0.4, -0.2) is 44.1 Å². The number of nitrogens with one attached hydrogen (secondary N) is 1. The van der Waals surface area contributed by atoms with Gasteiger partial charge in [-0.1, -0.05) is 25.7 Å². The Morgan fingerprint density at radius 1 is 1.14 bits per heavy atom. The van der Waals surface area contributed by atoms with Crippen LogP contribution in [0.1, 0.15) is 48.9 Å². The average molecular weight is 304 g/mol. The van der Waals surface area contributed by atoms with Crippen molar-refractivity contribution in [1.29, 1.82) is 0 Å². The molecule has 1 aliphatic carbocycles. The molecule has 0 aliphatic heterocycles. The largest absolute Gasteiger partial charge is 0.497 e. The molecule has 4 nitrogen and oxygen atoms in total. The number of ether oxygens (including phenoxy) is 1. The third-order valence-corrected chi connectivity index (χ3v) is 4.91. The van der Waals surface area contributed by atoms with E-state index in [4.69, 9.17) is 4.74 Å². The number of benzene rings is 1. The van der Waals surface area contributed by atoms with Crippen LogP contribution in [0.25, 0.3) is 0 Å². The molecule has 1 fully saturated rings. The fourth-order valence-corrected chi connectivity index (χ4v) is 3.26. The first-order valence-corrected chi connectivity index (χ1v) is 8.17. The highest BCUT2D eigenvalue weighted by atomic mass is 16.5. The van der Waals surface area contributed by atoms with Gasteiger partial charge in [0.15, 0.2) is 0 Å². The molecule has 0 unspecified atom stereocenters. The third-order valence-electron chi connectivity index (χ3n) is 4.91. The molecule has 1 amide bonds. The van der Waals surface area contributed by atoms with Crippen molar-refractivity contribution < 1.29 is 9.53 Å². The number of hydrogen-bond acceptors (Lipinski definition) is 3. The first-order valence-electron chi connectivity index (χ1n) is 8.17. The van der Waals surface area contributed by atoms with Gasteiger partial charge in [-0.2, -0.15) is 0 Å². The Hall–Kier alpha value is -1.55. The zero-order chi connectivity index (χ0) is 16.0. The van der Waals surface area contributed by atoms with Crippen LogP contribution in [0.5, 0.6) is 5.75 Å². The Kier molecular flexibility index (Phi) is 5.83. The van der Waals surface area contributed by atoms with Gasteiger partial charge in [0.25, 0.3) is 5.91 Å². The van der Waals surface area contributed by atoms with E-state index in [2.05, 4.69) is 24.3 Å². The number of hydrogen-bond donors (Lipinski definition) is 1. The van der Waals surface area contributed by atoms with Gasteiger partial charge in [-0.15, -0.1) is 0 Å². The van der Waals surface area contributed by atoms with E-state index in [1.807, 2.05) is 24.3 Å². The number of amides is 1. The molecule has 0 atom stereocenters. The predicted molar refractivity (Wildman–Crippen MR) is 89.4 cm³/mol. The van der Waals surface area contributed by atoms with E-state index in [0.717, 1.165) is 18.6 Å². The third kappa shape index (κ3) is 4.01. The molecule has 0 aromatic heterocycles. The molecule has 122 valence electrons. The SMILES string of the molecule is COc1ccc(C(=O)NCC2(N(C)C)CCCCCC2)cc1. The van der Waals surface area contributed by atoms with Crippen LogP contribution in [0, 0.1) is 0 Å². The molecule has 1 aliphatic rings. The van der Waals surface area contributed by atoms with Crippen LogP contribution >= 0.6 is 0 Å². The molecule has 1 N–H and O–H groups in total. The maximum atomic E-state index is 12.4. The van der Waals surface area contributed by atoms with E-state index < -0.39 is 0 Å². The fraction of sp³-hybridized carbons (Fsp3) is 0.611. The van der Waals surface area contributed by atoms with Gasteiger partial charge in [-0.3, -0.25) is 4.79 Å². The second-order valence-corrected chi connectivity index (χ2v) is 6.44. The average Bonchev–Trinajstić information content (AvgIpc) is 2.79. The summed E-state index contributed by atoms with van der Waals surface area (Å²) in [5, 5.41) is 3.13. The zero-order valence-electron chi connectivity index (χ0n) is 14.0. The minimum Gasteiger partial charge on any atom is -0.497 e. The van der Waals surface area contributed by atoms with Crippen LogP contribution in [0.3, 0.4) is 0 Å². The summed E-state index contributed by atoms with van der Waals surface area (Å²) in [6.07, 6.45) is 7.42. The highest BCUT2D eigenvalue weighted by Gasteiger charge is 2.33. The first kappa shape index (κ1) is 16.8. The Labute approximate surface area is 133 Å². The molecule has 1 aromatic carbocycles. The van der Waals surface area contributed by atoms with Crippen LogP contribution in [0.15, 0.2) is 24.3 Å². The lowest BCUT2D eigenvalue weighted by Crippen LogP contribution is -2.52. The van der Waals surface area contributed by atoms with Crippen molar-refractivity contribution in [2.75, 3.05) is 27.7 Å². The summed E-state index contributed by atoms with van der Waals surface area (Å²) in [6.45, 7) is 0.713. The van der Waals surface area contributed by atoms with Gasteiger partial charge in [0, 0.05) is 17.6 Å². The molecule has 0 heterocycles. The predicted octanol–water partition coefficient (Wildman–Crippen LogP) is 3.08. The lowest BCUT2D eigenvalue weighted by atomic mass is 9.88. The summed E-state index contributed by atoms with van der Waals surface area (Å²) in [5.41, 5.74) is 0.780. The van der Waals surface area contributed by atoms with Crippen molar-refractivity contribution in [1.82, 2.24) is 10.2 Å². The highest BCUT2D eigenvalue weighted by Crippen LogP contribution is 2.30. The van der Waals surface area contributed by atoms with Gasteiger partial charge >= 0.3 is 0 Å². The lowest BCUT2D eigenvalue weighted by molar-refractivity contribution is 0.0869. The summed E-state index contributed by atoms with van der Waals surface area (Å²) in [7, 11) is 5.89. The molecule has 0 spiro atoms. The van der Waals surface area contributed by atoms with Crippen LogP contribution in [0.4, 0.5) is 0 Å². The van der Waals surface area contributed by atoms with Gasteiger partial charge in [0.1, 0.15) is 5.75 Å². The molecule has 1 aromatic rings. The molecule has 22 heavy (non-hydrogen) atoms. The van der Waals surface area contributed by atoms with E-state index in [1.54, 1.807) is 7.11 Å². The van der Waals surface area contributed by atoms with E-state index in [9.17, 15) is 4.79 Å². The minimum atomic E-state index is -0.00637. The van der Waals surface area contributed by atoms with E-state index >= 15 is 0 Å². The summed E-state index contributed by atoms with van der Waals surface area (Å²) in [4.78, 5) is 14.7. The lowest BCUT2D eigenvalue weighted by Gasteiger charge is -2.39. The standard InChI is InChI=1S/C18H28N2O2/c1-20(2)18(12-6-4-5-7-13-18)14-19-17(21)15-8-10-16(22-3)11-9-15/h8-11H,4-7,12-14H2,1-3H3,(H,19,21). The summed E-state index contributed by atoms with van der Waals surface area (Å²) < 4.78 is 5.13. The van der Waals surface area contributed by atoms with Gasteiger partial charge < -0.3 is 15.0 Å². The minimum absolute atomic E-state index is 0.00637. The summed E-state index contributed by atoms with van der Waals surface area (Å²) in [6, 6.07) is 7.26. The second-order valence-electron chi connectivity index (χ2n) is 6.44. The fourth-order valence-electron chi connectivity index (χ4n) is 3.26. The van der Waals surface area contributed by atoms with Crippen LogP contribution in [-0.2, 0) is 0 Å². The number of likely N-dealkylation sites (N-methyl/N-ethyl adjacent to an activating group) is 1. The smallest absolute Gasteiger partial charge is 0.251 e. The van der Waals surface area contributed by atoms with Crippen molar-refractivity contribution >= 4 is 5.91 Å². The number of carbonyl (C=O) groups is 1. The number of rotatable bonds is 5. The second kappa shape index (κ2) is 7.63. The van der Waals surface area contributed by atoms with Crippen molar-refractivity contribution in [3.8, 4) is 5.75 Å². The quantitative estimate of drug-likeness (QED) is 0.850. The zero-order valence-corrected chi connectivity index (χ0v) is 14.0. The van der Waals surface area contributed by atoms with Crippen LogP contribution in [0.2, 0.25) is 0 Å². The van der Waals surface area contributed by atoms with Crippen molar-refractivity contribution in [3.63, 3.8) is 0 Å². The van der Waals surface area contributed by atoms with Crippen molar-refractivity contribution in [2.24, 2.45) is 0 Å². The Morgan fingerprint density at radius 2 is 1.73 bits per heavy atom. The van der Waals surface area contributed by atoms with E-state index in [-0.39, 0.29) is 11.4 Å². The highest BCUT2D eigenvalue weighted by molar-refractivity contribution is 5.94. The molecular weight excluding hydrogens is 276 g/mol. The molecule has 2 rings (SSSR count). The van der Waals surface area contributed by atoms with Crippen molar-refractivity contribution in [2.45, 2.75) is 44.1 Å². The number of nitrogens with zero attached hydrogens (tertiary/aromatic N) is 1. The Balaban J connectivity index is 2.00. The Bertz CT molecular complexity index is 474. The Morgan fingerprint density at radius 3 is 2.23 bits per heavy atom. The summed E-state index contributed by atoms with van der Waals surface area (Å²) >= 11 is 0. The van der Waals surface area contributed by atoms with E-state index in [1.165, 1.54) is 25.7 Å². The molecule has 1 saturated carbocycles. The maximum Gasteiger partial charge on any atom is 0.251 e.